The number of H-pyrrole nitrogens is 1. The van der Waals surface area contributed by atoms with Gasteiger partial charge in [0, 0.05) is 36.7 Å². The van der Waals surface area contributed by atoms with E-state index in [1.807, 2.05) is 12.3 Å². The average Bonchev–Trinajstić information content (AvgIpc) is 3.38. The lowest BCUT2D eigenvalue weighted by Gasteiger charge is -2.21. The van der Waals surface area contributed by atoms with E-state index >= 15 is 0 Å². The fourth-order valence-corrected chi connectivity index (χ4v) is 5.00. The van der Waals surface area contributed by atoms with Crippen LogP contribution in [0.3, 0.4) is 0 Å². The summed E-state index contributed by atoms with van der Waals surface area (Å²) in [6.45, 7) is 9.52. The van der Waals surface area contributed by atoms with Crippen molar-refractivity contribution < 1.29 is 33.0 Å². The summed E-state index contributed by atoms with van der Waals surface area (Å²) in [7, 11) is 0. The van der Waals surface area contributed by atoms with E-state index in [4.69, 9.17) is 9.90 Å². The lowest BCUT2D eigenvalue weighted by atomic mass is 10.1. The number of thioether (sulfide) groups is 1. The number of thiazole rings is 1. The van der Waals surface area contributed by atoms with Crippen LogP contribution in [0.25, 0.3) is 0 Å². The van der Waals surface area contributed by atoms with Crippen molar-refractivity contribution in [3.8, 4) is 0 Å². The van der Waals surface area contributed by atoms with Gasteiger partial charge in [-0.1, -0.05) is 44.4 Å². The number of hydrogen-bond acceptors (Lipinski definition) is 7. The largest absolute Gasteiger partial charge is 0.490 e. The Hall–Kier alpha value is -2.28. The molecule has 0 amide bonds. The van der Waals surface area contributed by atoms with Gasteiger partial charge in [0.05, 0.1) is 5.69 Å². The van der Waals surface area contributed by atoms with E-state index in [0.717, 1.165) is 47.5 Å². The molecule has 0 aliphatic carbocycles. The van der Waals surface area contributed by atoms with Crippen molar-refractivity contribution in [2.75, 3.05) is 18.0 Å². The fraction of sp³-hybridized carbons (Fsp3) is 0.636. The van der Waals surface area contributed by atoms with E-state index in [1.165, 1.54) is 48.8 Å². The zero-order valence-corrected chi connectivity index (χ0v) is 21.9. The molecular weight excluding hydrogens is 505 g/mol. The van der Waals surface area contributed by atoms with Crippen LogP contribution in [0.1, 0.15) is 64.3 Å². The highest BCUT2D eigenvalue weighted by Crippen LogP contribution is 2.34. The topological polar surface area (TPSA) is 119 Å². The van der Waals surface area contributed by atoms with Gasteiger partial charge in [-0.15, -0.1) is 11.3 Å². The predicted molar refractivity (Wildman–Crippen MR) is 131 cm³/mol. The first-order valence-electron chi connectivity index (χ1n) is 11.2. The number of carboxylic acid groups (broad SMARTS) is 2. The molecule has 0 aromatic carbocycles. The first-order valence-corrected chi connectivity index (χ1v) is 12.9. The highest BCUT2D eigenvalue weighted by Gasteiger charge is 2.38. The highest BCUT2D eigenvalue weighted by atomic mass is 32.2. The number of alkyl halides is 3. The van der Waals surface area contributed by atoms with Crippen LogP contribution in [0, 0.1) is 6.92 Å². The van der Waals surface area contributed by atoms with Crippen molar-refractivity contribution in [1.29, 1.82) is 0 Å². The number of aromatic nitrogens is 3. The summed E-state index contributed by atoms with van der Waals surface area (Å²) in [5, 5.41) is 25.9. The van der Waals surface area contributed by atoms with E-state index in [0.29, 0.717) is 0 Å². The van der Waals surface area contributed by atoms with Crippen LogP contribution in [-0.2, 0) is 16.0 Å². The molecule has 0 aliphatic rings. The summed E-state index contributed by atoms with van der Waals surface area (Å²) in [6.07, 6.45) is 1.99. The molecule has 2 aromatic rings. The van der Waals surface area contributed by atoms with Crippen molar-refractivity contribution in [3.05, 3.63) is 22.8 Å². The summed E-state index contributed by atoms with van der Waals surface area (Å²) in [4.78, 5) is 27.2. The molecule has 0 saturated heterocycles. The molecule has 0 fully saturated rings. The monoisotopic (exact) mass is 538 g/mol. The number of aryl methyl sites for hydroxylation is 1. The number of nitrogens with zero attached hydrogens (tertiary/aromatic N) is 3. The maximum Gasteiger partial charge on any atom is 0.490 e. The van der Waals surface area contributed by atoms with Crippen molar-refractivity contribution in [2.24, 2.45) is 0 Å². The third-order valence-electron chi connectivity index (χ3n) is 4.82. The Morgan fingerprint density at radius 2 is 1.74 bits per heavy atom. The molecule has 2 aromatic heterocycles. The van der Waals surface area contributed by atoms with Gasteiger partial charge in [-0.25, -0.2) is 9.78 Å². The van der Waals surface area contributed by atoms with Gasteiger partial charge in [0.15, 0.2) is 10.2 Å². The van der Waals surface area contributed by atoms with E-state index in [9.17, 15) is 23.1 Å². The smallest absolute Gasteiger partial charge is 0.480 e. The second-order valence-electron chi connectivity index (χ2n) is 8.39. The first kappa shape index (κ1) is 30.8. The molecule has 0 bridgehead atoms. The summed E-state index contributed by atoms with van der Waals surface area (Å²) in [6, 6.07) is 2.09. The number of unbranched alkanes of at least 4 members (excludes halogenated alkanes) is 4. The number of rotatable bonds is 13. The molecule has 0 spiro atoms. The van der Waals surface area contributed by atoms with Gasteiger partial charge in [-0.3, -0.25) is 9.89 Å². The van der Waals surface area contributed by atoms with Crippen molar-refractivity contribution in [3.63, 3.8) is 0 Å². The Morgan fingerprint density at radius 3 is 2.26 bits per heavy atom. The molecule has 0 radical (unpaired) electrons. The first-order chi connectivity index (χ1) is 16.3. The molecule has 0 saturated carbocycles. The number of carbonyl (C=O) groups is 2. The third-order valence-corrected chi connectivity index (χ3v) is 6.99. The molecule has 3 N–H and O–H groups in total. The van der Waals surface area contributed by atoms with Crippen LogP contribution < -0.4 is 4.90 Å². The molecule has 2 heterocycles. The number of anilines is 1. The Labute approximate surface area is 211 Å². The van der Waals surface area contributed by atoms with Crippen LogP contribution in [0.4, 0.5) is 19.0 Å². The SMILES string of the molecule is CCCCCCCN(CCc1csc(SC(C)(C)C(=O)O)n1)c1cc(C)[nH]n1.O=C(O)C(F)(F)F. The minimum Gasteiger partial charge on any atom is -0.480 e. The van der Waals surface area contributed by atoms with Crippen molar-refractivity contribution in [2.45, 2.75) is 81.5 Å². The summed E-state index contributed by atoms with van der Waals surface area (Å²) in [5.74, 6) is -2.59. The lowest BCUT2D eigenvalue weighted by molar-refractivity contribution is -0.192. The number of hydrogen-bond donors (Lipinski definition) is 3. The van der Waals surface area contributed by atoms with E-state index in [1.54, 1.807) is 13.8 Å². The number of carboxylic acids is 2. The average molecular weight is 539 g/mol. The Balaban J connectivity index is 0.000000762. The van der Waals surface area contributed by atoms with Crippen LogP contribution in [0.5, 0.6) is 0 Å². The van der Waals surface area contributed by atoms with Crippen LogP contribution >= 0.6 is 23.1 Å². The van der Waals surface area contributed by atoms with Gasteiger partial charge in [0.2, 0.25) is 0 Å². The molecule has 0 atom stereocenters. The van der Waals surface area contributed by atoms with Gasteiger partial charge in [-0.05, 0) is 27.2 Å². The molecule has 2 rings (SSSR count). The van der Waals surface area contributed by atoms with Gasteiger partial charge >= 0.3 is 18.1 Å². The van der Waals surface area contributed by atoms with Crippen molar-refractivity contribution >= 4 is 40.9 Å². The van der Waals surface area contributed by atoms with Crippen LogP contribution in [0.2, 0.25) is 0 Å². The van der Waals surface area contributed by atoms with Crippen LogP contribution in [-0.4, -0.2) is 61.3 Å². The van der Waals surface area contributed by atoms with Gasteiger partial charge in [0.1, 0.15) is 4.75 Å². The van der Waals surface area contributed by atoms with Crippen molar-refractivity contribution in [1.82, 2.24) is 15.2 Å². The molecule has 8 nitrogen and oxygen atoms in total. The van der Waals surface area contributed by atoms with Gasteiger partial charge in [-0.2, -0.15) is 18.3 Å². The minimum atomic E-state index is -5.08. The third kappa shape index (κ3) is 11.8. The quantitative estimate of drug-likeness (QED) is 0.217. The normalized spacial score (nSPS) is 11.6. The second kappa shape index (κ2) is 14.3. The zero-order chi connectivity index (χ0) is 26.6. The molecule has 0 aliphatic heterocycles. The highest BCUT2D eigenvalue weighted by molar-refractivity contribution is 8.02. The van der Waals surface area contributed by atoms with E-state index < -0.39 is 22.9 Å². The number of aliphatic carboxylic acids is 2. The number of halogens is 3. The van der Waals surface area contributed by atoms with E-state index in [2.05, 4.69) is 33.1 Å². The maximum absolute atomic E-state index is 11.3. The minimum absolute atomic E-state index is 0.809. The molecule has 0 unspecified atom stereocenters. The zero-order valence-electron chi connectivity index (χ0n) is 20.3. The standard InChI is InChI=1S/C20H32N4O2S2.C2HF3O2/c1-5-6-7-8-9-11-24(17-13-15(2)22-23-17)12-10-16-14-27-19(21-16)28-20(3,4)18(25)26;3-2(4,5)1(6)7/h13-14H,5-12H2,1-4H3,(H,22,23)(H,25,26);(H,6,7). The maximum atomic E-state index is 11.3. The molecular formula is C22H33F3N4O4S2. The predicted octanol–water partition coefficient (Wildman–Crippen LogP) is 5.78. The Morgan fingerprint density at radius 1 is 1.11 bits per heavy atom. The molecule has 13 heteroatoms. The van der Waals surface area contributed by atoms with Gasteiger partial charge < -0.3 is 15.1 Å². The van der Waals surface area contributed by atoms with Gasteiger partial charge in [0.25, 0.3) is 0 Å². The summed E-state index contributed by atoms with van der Waals surface area (Å²) in [5.41, 5.74) is 2.08. The summed E-state index contributed by atoms with van der Waals surface area (Å²) >= 11 is 2.83. The Bertz CT molecular complexity index is 932. The van der Waals surface area contributed by atoms with E-state index in [-0.39, 0.29) is 0 Å². The Kier molecular flexibility index (Phi) is 12.6. The summed E-state index contributed by atoms with van der Waals surface area (Å²) < 4.78 is 31.7. The lowest BCUT2D eigenvalue weighted by Crippen LogP contribution is -2.27. The van der Waals surface area contributed by atoms with Crippen LogP contribution in [0.15, 0.2) is 15.8 Å². The second-order valence-corrected chi connectivity index (χ2v) is 11.1. The fourth-order valence-electron chi connectivity index (χ4n) is 2.77. The number of aromatic amines is 1. The number of nitrogens with one attached hydrogen (secondary N) is 1. The molecule has 35 heavy (non-hydrogen) atoms. The molecule has 198 valence electrons.